The summed E-state index contributed by atoms with van der Waals surface area (Å²) in [6, 6.07) is 5.80. The zero-order valence-electron chi connectivity index (χ0n) is 10.1. The molecule has 0 N–H and O–H groups in total. The Morgan fingerprint density at radius 1 is 1.35 bits per heavy atom. The van der Waals surface area contributed by atoms with Gasteiger partial charge in [-0.2, -0.15) is 0 Å². The fourth-order valence-electron chi connectivity index (χ4n) is 1.89. The molecular formula is C13H16Cl2N2. The van der Waals surface area contributed by atoms with Crippen molar-refractivity contribution in [3.63, 3.8) is 0 Å². The van der Waals surface area contributed by atoms with Gasteiger partial charge in [0.15, 0.2) is 0 Å². The Balaban J connectivity index is 2.43. The van der Waals surface area contributed by atoms with E-state index in [9.17, 15) is 0 Å². The predicted octanol–water partition coefficient (Wildman–Crippen LogP) is 4.47. The second-order valence-corrected chi connectivity index (χ2v) is 5.33. The summed E-state index contributed by atoms with van der Waals surface area (Å²) in [7, 11) is 0. The van der Waals surface area contributed by atoms with Crippen LogP contribution in [0.1, 0.15) is 26.1 Å². The molecule has 1 aromatic heterocycles. The smallest absolute Gasteiger partial charge is 0.124 e. The van der Waals surface area contributed by atoms with Crippen LogP contribution in [0.25, 0.3) is 11.0 Å². The first-order valence-corrected chi connectivity index (χ1v) is 6.73. The quantitative estimate of drug-likeness (QED) is 0.750. The van der Waals surface area contributed by atoms with Gasteiger partial charge in [-0.25, -0.2) is 4.98 Å². The molecule has 0 fully saturated rings. The number of imidazole rings is 1. The van der Waals surface area contributed by atoms with Crippen LogP contribution >= 0.6 is 23.2 Å². The Labute approximate surface area is 112 Å². The van der Waals surface area contributed by atoms with Gasteiger partial charge in [-0.15, -0.1) is 11.6 Å². The Morgan fingerprint density at radius 2 is 2.12 bits per heavy atom. The first-order valence-electron chi connectivity index (χ1n) is 5.82. The van der Waals surface area contributed by atoms with Crippen molar-refractivity contribution in [1.29, 1.82) is 0 Å². The molecule has 0 amide bonds. The van der Waals surface area contributed by atoms with Crippen molar-refractivity contribution in [1.82, 2.24) is 9.55 Å². The fourth-order valence-corrected chi connectivity index (χ4v) is 2.26. The highest BCUT2D eigenvalue weighted by molar-refractivity contribution is 6.31. The van der Waals surface area contributed by atoms with Crippen LogP contribution < -0.4 is 0 Å². The van der Waals surface area contributed by atoms with E-state index in [0.717, 1.165) is 29.8 Å². The van der Waals surface area contributed by atoms with Crippen LogP contribution in [-0.4, -0.2) is 9.55 Å². The van der Waals surface area contributed by atoms with Crippen molar-refractivity contribution in [3.8, 4) is 0 Å². The molecule has 0 bridgehead atoms. The third-order valence-electron chi connectivity index (χ3n) is 2.84. The molecule has 0 unspecified atom stereocenters. The molecule has 0 aliphatic rings. The third kappa shape index (κ3) is 2.75. The standard InChI is InChI=1S/C13H16Cl2N2/c1-9(2)5-6-17-12-4-3-10(15)7-11(12)16-13(17)8-14/h3-4,7,9H,5-6,8H2,1-2H3. The van der Waals surface area contributed by atoms with Crippen LogP contribution in [0.3, 0.4) is 0 Å². The Morgan fingerprint density at radius 3 is 2.76 bits per heavy atom. The lowest BCUT2D eigenvalue weighted by atomic mass is 10.1. The molecule has 1 aromatic carbocycles. The fraction of sp³-hybridized carbons (Fsp3) is 0.462. The highest BCUT2D eigenvalue weighted by Gasteiger charge is 2.10. The highest BCUT2D eigenvalue weighted by atomic mass is 35.5. The molecule has 2 nitrogen and oxygen atoms in total. The number of hydrogen-bond donors (Lipinski definition) is 0. The normalized spacial score (nSPS) is 11.6. The Kier molecular flexibility index (Phi) is 3.95. The monoisotopic (exact) mass is 270 g/mol. The highest BCUT2D eigenvalue weighted by Crippen LogP contribution is 2.22. The Bertz CT molecular complexity index is 517. The molecule has 0 saturated carbocycles. The summed E-state index contributed by atoms with van der Waals surface area (Å²) in [5.41, 5.74) is 2.04. The van der Waals surface area contributed by atoms with Crippen LogP contribution in [0.4, 0.5) is 0 Å². The largest absolute Gasteiger partial charge is 0.327 e. The van der Waals surface area contributed by atoms with E-state index in [2.05, 4.69) is 23.4 Å². The number of halogens is 2. The van der Waals surface area contributed by atoms with Crippen molar-refractivity contribution in [2.45, 2.75) is 32.7 Å². The molecule has 0 spiro atoms. The van der Waals surface area contributed by atoms with Crippen LogP contribution in [0, 0.1) is 5.92 Å². The molecule has 0 atom stereocenters. The van der Waals surface area contributed by atoms with Gasteiger partial charge in [0.05, 0.1) is 16.9 Å². The summed E-state index contributed by atoms with van der Waals surface area (Å²) < 4.78 is 2.19. The number of nitrogens with zero attached hydrogens (tertiary/aromatic N) is 2. The number of fused-ring (bicyclic) bond motifs is 1. The maximum Gasteiger partial charge on any atom is 0.124 e. The molecule has 0 aliphatic heterocycles. The zero-order chi connectivity index (χ0) is 12.4. The van der Waals surface area contributed by atoms with Crippen molar-refractivity contribution >= 4 is 34.2 Å². The van der Waals surface area contributed by atoms with Gasteiger partial charge in [0.25, 0.3) is 0 Å². The number of aromatic nitrogens is 2. The van der Waals surface area contributed by atoms with E-state index in [1.54, 1.807) is 0 Å². The number of aryl methyl sites for hydroxylation is 1. The SMILES string of the molecule is CC(C)CCn1c(CCl)nc2cc(Cl)ccc21. The lowest BCUT2D eigenvalue weighted by molar-refractivity contribution is 0.516. The van der Waals surface area contributed by atoms with E-state index in [0.29, 0.717) is 16.8 Å². The molecule has 0 radical (unpaired) electrons. The van der Waals surface area contributed by atoms with E-state index in [-0.39, 0.29) is 0 Å². The maximum atomic E-state index is 5.97. The summed E-state index contributed by atoms with van der Waals surface area (Å²) in [5, 5.41) is 0.715. The van der Waals surface area contributed by atoms with Gasteiger partial charge in [0, 0.05) is 11.6 Å². The van der Waals surface area contributed by atoms with Crippen LogP contribution in [0.5, 0.6) is 0 Å². The first-order chi connectivity index (χ1) is 8.11. The molecule has 92 valence electrons. The zero-order valence-corrected chi connectivity index (χ0v) is 11.6. The summed E-state index contributed by atoms with van der Waals surface area (Å²) in [4.78, 5) is 4.52. The number of rotatable bonds is 4. The van der Waals surface area contributed by atoms with Gasteiger partial charge in [-0.3, -0.25) is 0 Å². The molecule has 1 heterocycles. The molecular weight excluding hydrogens is 255 g/mol. The van der Waals surface area contributed by atoms with Crippen molar-refractivity contribution in [2.75, 3.05) is 0 Å². The van der Waals surface area contributed by atoms with Gasteiger partial charge >= 0.3 is 0 Å². The van der Waals surface area contributed by atoms with Crippen molar-refractivity contribution in [3.05, 3.63) is 29.0 Å². The van der Waals surface area contributed by atoms with Crippen molar-refractivity contribution < 1.29 is 0 Å². The predicted molar refractivity (Wildman–Crippen MR) is 73.8 cm³/mol. The second-order valence-electron chi connectivity index (χ2n) is 4.63. The number of hydrogen-bond acceptors (Lipinski definition) is 1. The average molecular weight is 271 g/mol. The van der Waals surface area contributed by atoms with E-state index in [1.165, 1.54) is 0 Å². The molecule has 17 heavy (non-hydrogen) atoms. The molecule has 0 aliphatic carbocycles. The van der Waals surface area contributed by atoms with Gasteiger partial charge in [0.1, 0.15) is 5.82 Å². The van der Waals surface area contributed by atoms with Crippen LogP contribution in [0.2, 0.25) is 5.02 Å². The lowest BCUT2D eigenvalue weighted by Crippen LogP contribution is -2.04. The van der Waals surface area contributed by atoms with E-state index >= 15 is 0 Å². The van der Waals surface area contributed by atoms with Crippen molar-refractivity contribution in [2.24, 2.45) is 5.92 Å². The average Bonchev–Trinajstić information content (AvgIpc) is 2.63. The number of alkyl halides is 1. The van der Waals surface area contributed by atoms with Gasteiger partial charge in [-0.05, 0) is 30.5 Å². The van der Waals surface area contributed by atoms with Crippen LogP contribution in [0.15, 0.2) is 18.2 Å². The van der Waals surface area contributed by atoms with E-state index in [4.69, 9.17) is 23.2 Å². The van der Waals surface area contributed by atoms with E-state index in [1.807, 2.05) is 18.2 Å². The second kappa shape index (κ2) is 5.28. The topological polar surface area (TPSA) is 17.8 Å². The minimum atomic E-state index is 0.435. The lowest BCUT2D eigenvalue weighted by Gasteiger charge is -2.09. The summed E-state index contributed by atoms with van der Waals surface area (Å²) in [6.07, 6.45) is 1.12. The van der Waals surface area contributed by atoms with Gasteiger partial charge in [0.2, 0.25) is 0 Å². The minimum absolute atomic E-state index is 0.435. The summed E-state index contributed by atoms with van der Waals surface area (Å²) in [5.74, 6) is 2.03. The molecule has 2 rings (SSSR count). The van der Waals surface area contributed by atoms with Gasteiger partial charge in [-0.1, -0.05) is 25.4 Å². The maximum absolute atomic E-state index is 5.97. The van der Waals surface area contributed by atoms with E-state index < -0.39 is 0 Å². The third-order valence-corrected chi connectivity index (χ3v) is 3.31. The summed E-state index contributed by atoms with van der Waals surface area (Å²) >= 11 is 11.9. The molecule has 2 aromatic rings. The number of benzene rings is 1. The Hall–Kier alpha value is -0.730. The van der Waals surface area contributed by atoms with Gasteiger partial charge < -0.3 is 4.57 Å². The summed E-state index contributed by atoms with van der Waals surface area (Å²) in [6.45, 7) is 5.39. The van der Waals surface area contributed by atoms with Crippen LogP contribution in [-0.2, 0) is 12.4 Å². The first kappa shape index (κ1) is 12.7. The molecule has 0 saturated heterocycles. The molecule has 4 heteroatoms. The minimum Gasteiger partial charge on any atom is -0.327 e.